The second kappa shape index (κ2) is 2.75. The van der Waals surface area contributed by atoms with Gasteiger partial charge >= 0.3 is 0 Å². The lowest BCUT2D eigenvalue weighted by Crippen LogP contribution is -2.30. The summed E-state index contributed by atoms with van der Waals surface area (Å²) < 4.78 is 0. The van der Waals surface area contributed by atoms with E-state index in [1.165, 1.54) is 19.3 Å². The van der Waals surface area contributed by atoms with Gasteiger partial charge < -0.3 is 5.32 Å². The molecule has 1 heteroatoms. The van der Waals surface area contributed by atoms with Crippen molar-refractivity contribution in [3.63, 3.8) is 0 Å². The molecule has 46 valence electrons. The Hall–Kier alpha value is -0.460. The van der Waals surface area contributed by atoms with Crippen molar-refractivity contribution in [2.75, 3.05) is 0 Å². The zero-order valence-corrected chi connectivity index (χ0v) is 5.35. The largest absolute Gasteiger partial charge is 0.388 e. The Morgan fingerprint density at radius 3 is 2.62 bits per heavy atom. The summed E-state index contributed by atoms with van der Waals surface area (Å²) in [7, 11) is 0. The Labute approximate surface area is 50.8 Å². The highest BCUT2D eigenvalue weighted by Gasteiger charge is 2.13. The van der Waals surface area contributed by atoms with Gasteiger partial charge in [0.15, 0.2) is 0 Å². The molecular weight excluding hydrogens is 98.1 g/mol. The monoisotopic (exact) mass is 111 g/mol. The number of hydrogen-bond donors (Lipinski definition) is 1. The molecule has 0 atom stereocenters. The minimum atomic E-state index is 0.797. The standard InChI is InChI=1S/C7H13N/c1-2-6-8-7-4-3-5-7/h2,6-8H,3-5H2,1H3. The van der Waals surface area contributed by atoms with E-state index in [-0.39, 0.29) is 0 Å². The average Bonchev–Trinajstić information content (AvgIpc) is 1.63. The third-order valence-electron chi connectivity index (χ3n) is 1.60. The zero-order valence-electron chi connectivity index (χ0n) is 5.35. The quantitative estimate of drug-likeness (QED) is 0.571. The first-order valence-corrected chi connectivity index (χ1v) is 3.30. The van der Waals surface area contributed by atoms with E-state index in [0.29, 0.717) is 0 Å². The molecule has 0 aliphatic heterocycles. The molecule has 0 unspecified atom stereocenters. The third kappa shape index (κ3) is 1.25. The van der Waals surface area contributed by atoms with Crippen molar-refractivity contribution >= 4 is 0 Å². The highest BCUT2D eigenvalue weighted by Crippen LogP contribution is 2.17. The Morgan fingerprint density at radius 1 is 1.50 bits per heavy atom. The molecule has 1 nitrogen and oxygen atoms in total. The summed E-state index contributed by atoms with van der Waals surface area (Å²) >= 11 is 0. The first-order valence-electron chi connectivity index (χ1n) is 3.30. The molecule has 0 aromatic carbocycles. The Kier molecular flexibility index (Phi) is 1.95. The van der Waals surface area contributed by atoms with Crippen molar-refractivity contribution in [2.24, 2.45) is 0 Å². The van der Waals surface area contributed by atoms with Crippen LogP contribution in [0.2, 0.25) is 0 Å². The van der Waals surface area contributed by atoms with Gasteiger partial charge in [-0.1, -0.05) is 6.08 Å². The van der Waals surface area contributed by atoms with E-state index in [1.54, 1.807) is 0 Å². The number of hydrogen-bond acceptors (Lipinski definition) is 1. The van der Waals surface area contributed by atoms with Crippen molar-refractivity contribution in [2.45, 2.75) is 32.2 Å². The van der Waals surface area contributed by atoms with E-state index >= 15 is 0 Å². The lowest BCUT2D eigenvalue weighted by atomic mass is 9.93. The lowest BCUT2D eigenvalue weighted by Gasteiger charge is -2.25. The van der Waals surface area contributed by atoms with E-state index in [9.17, 15) is 0 Å². The van der Waals surface area contributed by atoms with Crippen LogP contribution in [-0.4, -0.2) is 6.04 Å². The summed E-state index contributed by atoms with van der Waals surface area (Å²) in [6.07, 6.45) is 8.21. The van der Waals surface area contributed by atoms with Crippen LogP contribution < -0.4 is 5.32 Å². The van der Waals surface area contributed by atoms with Gasteiger partial charge in [-0.3, -0.25) is 0 Å². The third-order valence-corrected chi connectivity index (χ3v) is 1.60. The summed E-state index contributed by atoms with van der Waals surface area (Å²) in [5.41, 5.74) is 0. The average molecular weight is 111 g/mol. The van der Waals surface area contributed by atoms with Crippen LogP contribution in [0.1, 0.15) is 26.2 Å². The molecule has 0 aromatic heterocycles. The molecular formula is C7H13N. The van der Waals surface area contributed by atoms with Gasteiger partial charge in [0.05, 0.1) is 0 Å². The van der Waals surface area contributed by atoms with Crippen molar-refractivity contribution in [3.05, 3.63) is 12.3 Å². The summed E-state index contributed by atoms with van der Waals surface area (Å²) in [5.74, 6) is 0. The van der Waals surface area contributed by atoms with Crippen LogP contribution in [0.5, 0.6) is 0 Å². The summed E-state index contributed by atoms with van der Waals surface area (Å²) in [4.78, 5) is 0. The van der Waals surface area contributed by atoms with Crippen LogP contribution in [0.25, 0.3) is 0 Å². The van der Waals surface area contributed by atoms with Gasteiger partial charge in [0, 0.05) is 6.04 Å². The van der Waals surface area contributed by atoms with Crippen LogP contribution in [-0.2, 0) is 0 Å². The molecule has 0 radical (unpaired) electrons. The van der Waals surface area contributed by atoms with Gasteiger partial charge in [-0.05, 0) is 32.4 Å². The Morgan fingerprint density at radius 2 is 2.25 bits per heavy atom. The predicted molar refractivity (Wildman–Crippen MR) is 35.6 cm³/mol. The normalized spacial score (nSPS) is 21.1. The minimum absolute atomic E-state index is 0.797. The Bertz CT molecular complexity index is 82.4. The van der Waals surface area contributed by atoms with E-state index in [2.05, 4.69) is 5.32 Å². The van der Waals surface area contributed by atoms with Gasteiger partial charge in [0.1, 0.15) is 0 Å². The van der Waals surface area contributed by atoms with Gasteiger partial charge in [-0.15, -0.1) is 0 Å². The van der Waals surface area contributed by atoms with Gasteiger partial charge in [-0.2, -0.15) is 0 Å². The minimum Gasteiger partial charge on any atom is -0.388 e. The van der Waals surface area contributed by atoms with Crippen LogP contribution in [0.4, 0.5) is 0 Å². The summed E-state index contributed by atoms with van der Waals surface area (Å²) in [5, 5.41) is 3.29. The van der Waals surface area contributed by atoms with Crippen LogP contribution >= 0.6 is 0 Å². The molecule has 1 fully saturated rings. The van der Waals surface area contributed by atoms with Crippen molar-refractivity contribution < 1.29 is 0 Å². The first-order chi connectivity index (χ1) is 3.93. The Balaban J connectivity index is 2.01. The molecule has 1 rings (SSSR count). The molecule has 1 aliphatic rings. The fourth-order valence-electron chi connectivity index (χ4n) is 0.807. The van der Waals surface area contributed by atoms with Crippen molar-refractivity contribution in [1.82, 2.24) is 5.32 Å². The van der Waals surface area contributed by atoms with Crippen LogP contribution in [0.3, 0.4) is 0 Å². The predicted octanol–water partition coefficient (Wildman–Crippen LogP) is 1.66. The second-order valence-electron chi connectivity index (χ2n) is 2.29. The molecule has 0 bridgehead atoms. The van der Waals surface area contributed by atoms with Gasteiger partial charge in [-0.25, -0.2) is 0 Å². The maximum atomic E-state index is 3.29. The molecule has 1 saturated carbocycles. The maximum Gasteiger partial charge on any atom is 0.0255 e. The van der Waals surface area contributed by atoms with Gasteiger partial charge in [0.25, 0.3) is 0 Å². The van der Waals surface area contributed by atoms with Crippen LogP contribution in [0, 0.1) is 0 Å². The van der Waals surface area contributed by atoms with Crippen molar-refractivity contribution in [3.8, 4) is 0 Å². The van der Waals surface area contributed by atoms with Gasteiger partial charge in [0.2, 0.25) is 0 Å². The number of allylic oxidation sites excluding steroid dienone is 1. The SMILES string of the molecule is CC=CNC1CCC1. The molecule has 0 spiro atoms. The molecule has 0 aromatic rings. The number of rotatable bonds is 2. The molecule has 0 saturated heterocycles. The fourth-order valence-corrected chi connectivity index (χ4v) is 0.807. The van der Waals surface area contributed by atoms with Crippen molar-refractivity contribution in [1.29, 1.82) is 0 Å². The van der Waals surface area contributed by atoms with E-state index in [0.717, 1.165) is 6.04 Å². The number of nitrogens with one attached hydrogen (secondary N) is 1. The molecule has 8 heavy (non-hydrogen) atoms. The topological polar surface area (TPSA) is 12.0 Å². The molecule has 0 heterocycles. The first kappa shape index (κ1) is 5.67. The summed E-state index contributed by atoms with van der Waals surface area (Å²) in [6, 6.07) is 0.797. The smallest absolute Gasteiger partial charge is 0.0255 e. The summed E-state index contributed by atoms with van der Waals surface area (Å²) in [6.45, 7) is 2.03. The highest BCUT2D eigenvalue weighted by molar-refractivity contribution is 4.84. The van der Waals surface area contributed by atoms with E-state index in [4.69, 9.17) is 0 Å². The zero-order chi connectivity index (χ0) is 5.82. The van der Waals surface area contributed by atoms with E-state index in [1.807, 2.05) is 19.2 Å². The van der Waals surface area contributed by atoms with Crippen LogP contribution in [0.15, 0.2) is 12.3 Å². The fraction of sp³-hybridized carbons (Fsp3) is 0.714. The highest BCUT2D eigenvalue weighted by atomic mass is 14.9. The lowest BCUT2D eigenvalue weighted by molar-refractivity contribution is 0.373. The maximum absolute atomic E-state index is 3.29. The second-order valence-corrected chi connectivity index (χ2v) is 2.29. The molecule has 0 amide bonds. The molecule has 1 aliphatic carbocycles. The molecule has 1 N–H and O–H groups in total. The van der Waals surface area contributed by atoms with E-state index < -0.39 is 0 Å².